The molecule has 0 aliphatic carbocycles. The van der Waals surface area contributed by atoms with Gasteiger partial charge in [0, 0.05) is 26.2 Å². The molecule has 5 nitrogen and oxygen atoms in total. The Hall–Kier alpha value is -1.59. The van der Waals surface area contributed by atoms with Gasteiger partial charge in [0.15, 0.2) is 0 Å². The van der Waals surface area contributed by atoms with Gasteiger partial charge in [0.2, 0.25) is 0 Å². The van der Waals surface area contributed by atoms with Gasteiger partial charge in [-0.05, 0) is 31.0 Å². The van der Waals surface area contributed by atoms with Gasteiger partial charge in [-0.25, -0.2) is 0 Å². The molecule has 3 N–H and O–H groups in total. The van der Waals surface area contributed by atoms with Gasteiger partial charge in [-0.3, -0.25) is 10.3 Å². The van der Waals surface area contributed by atoms with Crippen LogP contribution in [0.5, 0.6) is 5.75 Å². The van der Waals surface area contributed by atoms with Crippen molar-refractivity contribution in [3.63, 3.8) is 0 Å². The largest absolute Gasteiger partial charge is 0.496 e. The molecule has 1 rings (SSSR count). The van der Waals surface area contributed by atoms with Crippen molar-refractivity contribution in [3.8, 4) is 5.75 Å². The van der Waals surface area contributed by atoms with E-state index >= 15 is 0 Å². The minimum Gasteiger partial charge on any atom is -0.496 e. The summed E-state index contributed by atoms with van der Waals surface area (Å²) in [6, 6.07) is 6.30. The third-order valence-electron chi connectivity index (χ3n) is 3.74. The second-order valence-electron chi connectivity index (χ2n) is 5.17. The van der Waals surface area contributed by atoms with Crippen LogP contribution < -0.4 is 10.5 Å². The second kappa shape index (κ2) is 8.64. The number of hydrogen-bond acceptors (Lipinski definition) is 4. The molecular weight excluding hydrogens is 266 g/mol. The lowest BCUT2D eigenvalue weighted by Gasteiger charge is -2.28. The molecule has 0 aliphatic rings. The molecule has 0 saturated carbocycles. The Labute approximate surface area is 127 Å². The predicted octanol–water partition coefficient (Wildman–Crippen LogP) is 2.23. The number of benzene rings is 1. The molecule has 5 heteroatoms. The molecule has 0 heterocycles. The fourth-order valence-electron chi connectivity index (χ4n) is 2.22. The maximum absolute atomic E-state index is 7.65. The van der Waals surface area contributed by atoms with Gasteiger partial charge >= 0.3 is 0 Å². The van der Waals surface area contributed by atoms with Crippen LogP contribution in [0.25, 0.3) is 0 Å². The maximum Gasteiger partial charge on any atom is 0.129 e. The maximum atomic E-state index is 7.65. The fraction of sp³-hybridized carbons (Fsp3) is 0.562. The summed E-state index contributed by atoms with van der Waals surface area (Å²) in [4.78, 5) is 2.37. The lowest BCUT2D eigenvalue weighted by atomic mass is 10.1. The van der Waals surface area contributed by atoms with Crippen LogP contribution in [-0.2, 0) is 11.3 Å². The number of methoxy groups -OCH3 is 2. The summed E-state index contributed by atoms with van der Waals surface area (Å²) in [5.74, 6) is 0.666. The summed E-state index contributed by atoms with van der Waals surface area (Å²) in [7, 11) is 3.31. The third kappa shape index (κ3) is 5.02. The van der Waals surface area contributed by atoms with Gasteiger partial charge < -0.3 is 15.2 Å². The Kier molecular flexibility index (Phi) is 7.19. The molecule has 0 saturated heterocycles. The molecule has 0 radical (unpaired) electrons. The molecule has 0 bridgehead atoms. The quantitative estimate of drug-likeness (QED) is 0.541. The number of nitrogens with one attached hydrogen (secondary N) is 1. The zero-order chi connectivity index (χ0) is 15.8. The normalized spacial score (nSPS) is 12.4. The number of hydrogen-bond donors (Lipinski definition) is 2. The standard InChI is InChI=1S/C16H27N3O2/c1-5-12(2)19(8-9-20-3)11-13-6-7-15(21-4)14(10-13)16(17)18/h6-7,10,12H,5,8-9,11H2,1-4H3,(H3,17,18). The highest BCUT2D eigenvalue weighted by molar-refractivity contribution is 5.97. The van der Waals surface area contributed by atoms with E-state index in [1.54, 1.807) is 14.2 Å². The molecule has 0 spiro atoms. The minimum absolute atomic E-state index is 0.0284. The second-order valence-corrected chi connectivity index (χ2v) is 5.17. The first-order chi connectivity index (χ1) is 10.0. The summed E-state index contributed by atoms with van der Waals surface area (Å²) in [6.45, 7) is 6.79. The van der Waals surface area contributed by atoms with Crippen LogP contribution in [0.2, 0.25) is 0 Å². The summed E-state index contributed by atoms with van der Waals surface area (Å²) in [5, 5.41) is 7.65. The van der Waals surface area contributed by atoms with Crippen molar-refractivity contribution in [2.24, 2.45) is 5.73 Å². The van der Waals surface area contributed by atoms with Crippen molar-refractivity contribution in [3.05, 3.63) is 29.3 Å². The van der Waals surface area contributed by atoms with Crippen molar-refractivity contribution >= 4 is 5.84 Å². The van der Waals surface area contributed by atoms with E-state index in [9.17, 15) is 0 Å². The number of amidine groups is 1. The number of nitrogens with two attached hydrogens (primary N) is 1. The Morgan fingerprint density at radius 1 is 1.38 bits per heavy atom. The Bertz CT molecular complexity index is 463. The summed E-state index contributed by atoms with van der Waals surface area (Å²) < 4.78 is 10.4. The highest BCUT2D eigenvalue weighted by Crippen LogP contribution is 2.21. The molecule has 0 aromatic heterocycles. The number of nitrogens with zero attached hydrogens (tertiary/aromatic N) is 1. The summed E-state index contributed by atoms with van der Waals surface area (Å²) in [5.41, 5.74) is 7.39. The van der Waals surface area contributed by atoms with Gasteiger partial charge in [-0.15, -0.1) is 0 Å². The van der Waals surface area contributed by atoms with Crippen molar-refractivity contribution < 1.29 is 9.47 Å². The zero-order valence-electron chi connectivity index (χ0n) is 13.5. The number of ether oxygens (including phenoxy) is 2. The van der Waals surface area contributed by atoms with Gasteiger partial charge in [0.1, 0.15) is 11.6 Å². The monoisotopic (exact) mass is 293 g/mol. The molecule has 0 amide bonds. The van der Waals surface area contributed by atoms with Gasteiger partial charge in [0.05, 0.1) is 19.3 Å². The van der Waals surface area contributed by atoms with E-state index in [1.165, 1.54) is 0 Å². The third-order valence-corrected chi connectivity index (χ3v) is 3.74. The van der Waals surface area contributed by atoms with E-state index in [1.807, 2.05) is 18.2 Å². The predicted molar refractivity (Wildman–Crippen MR) is 86.0 cm³/mol. The molecule has 1 unspecified atom stereocenters. The molecule has 118 valence electrons. The fourth-order valence-corrected chi connectivity index (χ4v) is 2.22. The molecule has 0 fully saturated rings. The van der Waals surface area contributed by atoms with E-state index in [0.717, 1.165) is 25.1 Å². The molecule has 1 atom stereocenters. The molecule has 1 aromatic carbocycles. The molecule has 21 heavy (non-hydrogen) atoms. The van der Waals surface area contributed by atoms with E-state index < -0.39 is 0 Å². The lowest BCUT2D eigenvalue weighted by molar-refractivity contribution is 0.118. The topological polar surface area (TPSA) is 71.6 Å². The molecule has 0 aliphatic heterocycles. The van der Waals surface area contributed by atoms with Gasteiger partial charge in [-0.1, -0.05) is 13.0 Å². The van der Waals surface area contributed by atoms with Crippen molar-refractivity contribution in [2.75, 3.05) is 27.4 Å². The first kappa shape index (κ1) is 17.5. The van der Waals surface area contributed by atoms with E-state index in [-0.39, 0.29) is 5.84 Å². The number of nitrogen functional groups attached to an aromatic ring is 1. The van der Waals surface area contributed by atoms with Gasteiger partial charge in [-0.2, -0.15) is 0 Å². The van der Waals surface area contributed by atoms with Crippen molar-refractivity contribution in [1.29, 1.82) is 5.41 Å². The van der Waals surface area contributed by atoms with Crippen LogP contribution >= 0.6 is 0 Å². The average molecular weight is 293 g/mol. The van der Waals surface area contributed by atoms with Crippen LogP contribution in [0, 0.1) is 5.41 Å². The van der Waals surface area contributed by atoms with Crippen LogP contribution in [0.15, 0.2) is 18.2 Å². The Morgan fingerprint density at radius 2 is 2.10 bits per heavy atom. The summed E-state index contributed by atoms with van der Waals surface area (Å²) >= 11 is 0. The average Bonchev–Trinajstić information content (AvgIpc) is 2.50. The van der Waals surface area contributed by atoms with Crippen LogP contribution in [0.4, 0.5) is 0 Å². The van der Waals surface area contributed by atoms with E-state index in [2.05, 4.69) is 18.7 Å². The highest BCUT2D eigenvalue weighted by atomic mass is 16.5. The Balaban J connectivity index is 2.92. The first-order valence-corrected chi connectivity index (χ1v) is 7.27. The number of rotatable bonds is 9. The lowest BCUT2D eigenvalue weighted by Crippen LogP contribution is -2.34. The smallest absolute Gasteiger partial charge is 0.129 e. The van der Waals surface area contributed by atoms with Crippen molar-refractivity contribution in [2.45, 2.75) is 32.9 Å². The zero-order valence-corrected chi connectivity index (χ0v) is 13.5. The first-order valence-electron chi connectivity index (χ1n) is 7.27. The van der Waals surface area contributed by atoms with Crippen LogP contribution in [-0.4, -0.2) is 44.1 Å². The SMILES string of the molecule is CCC(C)N(CCOC)Cc1ccc(OC)c(C(=N)N)c1. The molecular formula is C16H27N3O2. The van der Waals surface area contributed by atoms with Crippen LogP contribution in [0.1, 0.15) is 31.4 Å². The van der Waals surface area contributed by atoms with E-state index in [0.29, 0.717) is 24.0 Å². The van der Waals surface area contributed by atoms with Crippen molar-refractivity contribution in [1.82, 2.24) is 4.90 Å². The minimum atomic E-state index is 0.0284. The van der Waals surface area contributed by atoms with E-state index in [4.69, 9.17) is 20.6 Å². The van der Waals surface area contributed by atoms with Gasteiger partial charge in [0.25, 0.3) is 0 Å². The molecule has 1 aromatic rings. The van der Waals surface area contributed by atoms with Crippen LogP contribution in [0.3, 0.4) is 0 Å². The Morgan fingerprint density at radius 3 is 2.62 bits per heavy atom. The highest BCUT2D eigenvalue weighted by Gasteiger charge is 2.14. The summed E-state index contributed by atoms with van der Waals surface area (Å²) in [6.07, 6.45) is 1.08.